The number of hydrogen-bond acceptors (Lipinski definition) is 1. The van der Waals surface area contributed by atoms with Gasteiger partial charge in [-0.3, -0.25) is 0 Å². The van der Waals surface area contributed by atoms with Gasteiger partial charge in [-0.05, 0) is 48.9 Å². The van der Waals surface area contributed by atoms with Crippen molar-refractivity contribution in [1.29, 1.82) is 0 Å². The Morgan fingerprint density at radius 2 is 1.86 bits per heavy atom. The van der Waals surface area contributed by atoms with E-state index in [0.717, 1.165) is 5.92 Å². The lowest BCUT2D eigenvalue weighted by molar-refractivity contribution is 0.483. The highest BCUT2D eigenvalue weighted by Gasteiger charge is 2.45. The van der Waals surface area contributed by atoms with Crippen molar-refractivity contribution in [2.75, 3.05) is 0 Å². The van der Waals surface area contributed by atoms with Crippen molar-refractivity contribution in [2.45, 2.75) is 32.1 Å². The lowest BCUT2D eigenvalue weighted by Gasteiger charge is -2.29. The first-order valence-electron chi connectivity index (χ1n) is 7.67. The standard InChI is InChI=1S/C19H20N2/c1-13-3-4-15-10-17(6-5-14(15)9-13)19(2,16-7-8-16)18-11-20-12-21-18/h3-6,9-12,16H,7-8H2,1-2H3,(H,20,21). The summed E-state index contributed by atoms with van der Waals surface area (Å²) in [4.78, 5) is 7.59. The molecular weight excluding hydrogens is 256 g/mol. The van der Waals surface area contributed by atoms with E-state index >= 15 is 0 Å². The number of benzene rings is 2. The molecule has 1 atom stereocenters. The van der Waals surface area contributed by atoms with Gasteiger partial charge < -0.3 is 4.98 Å². The Hall–Kier alpha value is -2.09. The highest BCUT2D eigenvalue weighted by molar-refractivity contribution is 5.84. The Balaban J connectivity index is 1.89. The fraction of sp³-hybridized carbons (Fsp3) is 0.316. The van der Waals surface area contributed by atoms with Gasteiger partial charge in [-0.1, -0.05) is 42.0 Å². The summed E-state index contributed by atoms with van der Waals surface area (Å²) in [6, 6.07) is 13.6. The number of imidazole rings is 1. The summed E-state index contributed by atoms with van der Waals surface area (Å²) in [7, 11) is 0. The molecule has 1 heterocycles. The minimum Gasteiger partial charge on any atom is -0.348 e. The van der Waals surface area contributed by atoms with E-state index < -0.39 is 0 Å². The predicted molar refractivity (Wildman–Crippen MR) is 86.5 cm³/mol. The van der Waals surface area contributed by atoms with Gasteiger partial charge in [-0.2, -0.15) is 0 Å². The number of aromatic amines is 1. The van der Waals surface area contributed by atoms with E-state index in [1.54, 1.807) is 6.33 Å². The molecular formula is C19H20N2. The van der Waals surface area contributed by atoms with E-state index in [4.69, 9.17) is 0 Å². The predicted octanol–water partition coefficient (Wildman–Crippen LogP) is 4.59. The molecule has 1 unspecified atom stereocenters. The minimum absolute atomic E-state index is 0.0512. The monoisotopic (exact) mass is 276 g/mol. The van der Waals surface area contributed by atoms with E-state index in [9.17, 15) is 0 Å². The number of fused-ring (bicyclic) bond motifs is 1. The first-order chi connectivity index (χ1) is 10.2. The van der Waals surface area contributed by atoms with Gasteiger partial charge >= 0.3 is 0 Å². The van der Waals surface area contributed by atoms with Crippen LogP contribution in [0.4, 0.5) is 0 Å². The SMILES string of the molecule is Cc1ccc2cc(C(C)(c3cnc[nH]3)C3CC3)ccc2c1. The van der Waals surface area contributed by atoms with E-state index in [1.165, 1.54) is 40.4 Å². The topological polar surface area (TPSA) is 28.7 Å². The summed E-state index contributed by atoms with van der Waals surface area (Å²) in [5.41, 5.74) is 3.99. The van der Waals surface area contributed by atoms with Crippen LogP contribution in [0.15, 0.2) is 48.9 Å². The number of hydrogen-bond donors (Lipinski definition) is 1. The fourth-order valence-electron chi connectivity index (χ4n) is 3.50. The van der Waals surface area contributed by atoms with Crippen molar-refractivity contribution in [3.05, 3.63) is 65.7 Å². The van der Waals surface area contributed by atoms with Crippen LogP contribution in [-0.4, -0.2) is 9.97 Å². The average molecular weight is 276 g/mol. The molecule has 2 aromatic carbocycles. The molecule has 0 radical (unpaired) electrons. The van der Waals surface area contributed by atoms with Gasteiger partial charge in [0.2, 0.25) is 0 Å². The lowest BCUT2D eigenvalue weighted by atomic mass is 9.75. The van der Waals surface area contributed by atoms with Crippen LogP contribution in [0.3, 0.4) is 0 Å². The third kappa shape index (κ3) is 1.98. The fourth-order valence-corrected chi connectivity index (χ4v) is 3.50. The largest absolute Gasteiger partial charge is 0.348 e. The summed E-state index contributed by atoms with van der Waals surface area (Å²) >= 11 is 0. The molecule has 2 heteroatoms. The van der Waals surface area contributed by atoms with Crippen LogP contribution < -0.4 is 0 Å². The molecule has 1 N–H and O–H groups in total. The number of aryl methyl sites for hydroxylation is 1. The first-order valence-corrected chi connectivity index (χ1v) is 7.67. The summed E-state index contributed by atoms with van der Waals surface area (Å²) in [6.45, 7) is 4.50. The quantitative estimate of drug-likeness (QED) is 0.745. The zero-order valence-corrected chi connectivity index (χ0v) is 12.6. The van der Waals surface area contributed by atoms with E-state index in [1.807, 2.05) is 6.20 Å². The second kappa shape index (κ2) is 4.45. The molecule has 3 aromatic rings. The maximum atomic E-state index is 4.24. The van der Waals surface area contributed by atoms with E-state index in [-0.39, 0.29) is 5.41 Å². The van der Waals surface area contributed by atoms with Crippen molar-refractivity contribution < 1.29 is 0 Å². The summed E-state index contributed by atoms with van der Waals surface area (Å²) in [5, 5.41) is 2.64. The third-order valence-electron chi connectivity index (χ3n) is 5.05. The summed E-state index contributed by atoms with van der Waals surface area (Å²) < 4.78 is 0. The molecule has 0 spiro atoms. The number of aromatic nitrogens is 2. The number of nitrogens with one attached hydrogen (secondary N) is 1. The van der Waals surface area contributed by atoms with Crippen LogP contribution in [0.2, 0.25) is 0 Å². The van der Waals surface area contributed by atoms with Crippen molar-refractivity contribution >= 4 is 10.8 Å². The molecule has 2 nitrogen and oxygen atoms in total. The molecule has 0 saturated heterocycles. The van der Waals surface area contributed by atoms with Crippen molar-refractivity contribution in [3.8, 4) is 0 Å². The van der Waals surface area contributed by atoms with Gasteiger partial charge in [0.25, 0.3) is 0 Å². The Labute approximate surface area is 125 Å². The lowest BCUT2D eigenvalue weighted by Crippen LogP contribution is -2.26. The van der Waals surface area contributed by atoms with Crippen molar-refractivity contribution in [2.24, 2.45) is 5.92 Å². The van der Waals surface area contributed by atoms with Crippen LogP contribution in [-0.2, 0) is 5.41 Å². The number of nitrogens with zero attached hydrogens (tertiary/aromatic N) is 1. The third-order valence-corrected chi connectivity index (χ3v) is 5.05. The zero-order valence-electron chi connectivity index (χ0n) is 12.6. The normalized spacial score (nSPS) is 17.8. The maximum Gasteiger partial charge on any atom is 0.0922 e. The molecule has 1 fully saturated rings. The summed E-state index contributed by atoms with van der Waals surface area (Å²) in [5.74, 6) is 0.723. The van der Waals surface area contributed by atoms with Crippen LogP contribution in [0, 0.1) is 12.8 Å². The van der Waals surface area contributed by atoms with Gasteiger partial charge in [0.05, 0.1) is 6.33 Å². The summed E-state index contributed by atoms with van der Waals surface area (Å²) in [6.07, 6.45) is 6.39. The second-order valence-electron chi connectivity index (χ2n) is 6.51. The van der Waals surface area contributed by atoms with Gasteiger partial charge in [-0.15, -0.1) is 0 Å². The Morgan fingerprint density at radius 1 is 1.10 bits per heavy atom. The molecule has 106 valence electrons. The van der Waals surface area contributed by atoms with Crippen molar-refractivity contribution in [3.63, 3.8) is 0 Å². The molecule has 21 heavy (non-hydrogen) atoms. The van der Waals surface area contributed by atoms with Gasteiger partial charge in [0.15, 0.2) is 0 Å². The minimum atomic E-state index is 0.0512. The van der Waals surface area contributed by atoms with E-state index in [0.29, 0.717) is 0 Å². The second-order valence-corrected chi connectivity index (χ2v) is 6.51. The van der Waals surface area contributed by atoms with Gasteiger partial charge in [0, 0.05) is 17.3 Å². The highest BCUT2D eigenvalue weighted by atomic mass is 14.9. The molecule has 0 bridgehead atoms. The Morgan fingerprint density at radius 3 is 2.57 bits per heavy atom. The van der Waals surface area contributed by atoms with Crippen LogP contribution >= 0.6 is 0 Å². The number of H-pyrrole nitrogens is 1. The molecule has 0 aliphatic heterocycles. The molecule has 4 rings (SSSR count). The Bertz CT molecular complexity index is 784. The molecule has 1 aliphatic rings. The van der Waals surface area contributed by atoms with Gasteiger partial charge in [-0.25, -0.2) is 4.98 Å². The van der Waals surface area contributed by atoms with Crippen molar-refractivity contribution in [1.82, 2.24) is 9.97 Å². The molecule has 1 saturated carbocycles. The molecule has 1 aromatic heterocycles. The average Bonchev–Trinajstić information content (AvgIpc) is 3.21. The smallest absolute Gasteiger partial charge is 0.0922 e. The number of rotatable bonds is 3. The van der Waals surface area contributed by atoms with Crippen LogP contribution in [0.1, 0.15) is 36.6 Å². The zero-order chi connectivity index (χ0) is 14.4. The Kier molecular flexibility index (Phi) is 2.68. The van der Waals surface area contributed by atoms with E-state index in [2.05, 4.69) is 60.2 Å². The van der Waals surface area contributed by atoms with Gasteiger partial charge in [0.1, 0.15) is 0 Å². The molecule has 1 aliphatic carbocycles. The van der Waals surface area contributed by atoms with Crippen LogP contribution in [0.5, 0.6) is 0 Å². The van der Waals surface area contributed by atoms with Crippen LogP contribution in [0.25, 0.3) is 10.8 Å². The maximum absolute atomic E-state index is 4.24. The first kappa shape index (κ1) is 12.6. The molecule has 0 amide bonds. The highest BCUT2D eigenvalue weighted by Crippen LogP contribution is 2.50.